The van der Waals surface area contributed by atoms with Crippen LogP contribution in [0.5, 0.6) is 0 Å². The molecule has 0 aromatic carbocycles. The maximum Gasteiger partial charge on any atom is 0.192 e. The van der Waals surface area contributed by atoms with Crippen LogP contribution in [0.2, 0.25) is 0 Å². The number of nitrogens with zero attached hydrogens (tertiary/aromatic N) is 6. The van der Waals surface area contributed by atoms with E-state index in [4.69, 9.17) is 15.0 Å². The zero-order valence-corrected chi connectivity index (χ0v) is 22.3. The monoisotopic (exact) mass is 474 g/mol. The Morgan fingerprint density at radius 3 is 0.900 bits per heavy atom. The summed E-state index contributed by atoms with van der Waals surface area (Å²) in [5, 5.41) is 2.61. The van der Waals surface area contributed by atoms with Crippen LogP contribution >= 0.6 is 35.3 Å². The van der Waals surface area contributed by atoms with Crippen LogP contribution < -0.4 is 0 Å². The van der Waals surface area contributed by atoms with Gasteiger partial charge in [-0.3, -0.25) is 0 Å². The molecular weight excluding hydrogens is 432 g/mol. The highest BCUT2D eigenvalue weighted by Crippen LogP contribution is 2.23. The second-order valence-electron chi connectivity index (χ2n) is 6.81. The number of rotatable bonds is 18. The van der Waals surface area contributed by atoms with E-state index < -0.39 is 0 Å². The molecule has 0 saturated carbocycles. The summed E-state index contributed by atoms with van der Waals surface area (Å²) in [5.41, 5.74) is 0. The van der Waals surface area contributed by atoms with E-state index in [2.05, 4.69) is 56.2 Å². The summed E-state index contributed by atoms with van der Waals surface area (Å²) in [4.78, 5) is 21.6. The molecule has 0 aliphatic carbocycles. The van der Waals surface area contributed by atoms with E-state index in [-0.39, 0.29) is 0 Å². The minimum atomic E-state index is 0.868. The first kappa shape index (κ1) is 28.0. The second kappa shape index (κ2) is 17.5. The average Bonchev–Trinajstić information content (AvgIpc) is 2.77. The standard InChI is InChI=1S/C21H42N6S3/c1-7-25(8-2)13-16-28-19-22-20(29-17-14-26(9-3)10-4)24-21(23-19)30-18-15-27(11-5)12-6/h7-18H2,1-6H3. The molecule has 1 rings (SSSR count). The minimum Gasteiger partial charge on any atom is -0.303 e. The molecule has 1 aromatic heterocycles. The van der Waals surface area contributed by atoms with Crippen molar-refractivity contribution in [1.29, 1.82) is 0 Å². The van der Waals surface area contributed by atoms with Crippen molar-refractivity contribution in [2.45, 2.75) is 57.0 Å². The van der Waals surface area contributed by atoms with Gasteiger partial charge < -0.3 is 14.7 Å². The van der Waals surface area contributed by atoms with Crippen LogP contribution in [0.1, 0.15) is 41.5 Å². The first-order valence-electron chi connectivity index (χ1n) is 11.4. The zero-order valence-electron chi connectivity index (χ0n) is 19.9. The summed E-state index contributed by atoms with van der Waals surface area (Å²) in [6, 6.07) is 0. The van der Waals surface area contributed by atoms with Gasteiger partial charge in [-0.05, 0) is 39.3 Å². The lowest BCUT2D eigenvalue weighted by molar-refractivity contribution is 0.323. The summed E-state index contributed by atoms with van der Waals surface area (Å²) < 4.78 is 0. The minimum absolute atomic E-state index is 0.868. The normalized spacial score (nSPS) is 11.9. The molecule has 6 nitrogen and oxygen atoms in total. The van der Waals surface area contributed by atoms with Crippen molar-refractivity contribution in [3.63, 3.8) is 0 Å². The maximum absolute atomic E-state index is 4.75. The largest absolute Gasteiger partial charge is 0.303 e. The molecular formula is C21H42N6S3. The molecule has 0 saturated heterocycles. The summed E-state index contributed by atoms with van der Waals surface area (Å²) >= 11 is 5.26. The molecule has 0 spiro atoms. The molecule has 0 unspecified atom stereocenters. The Bertz CT molecular complexity index is 463. The van der Waals surface area contributed by atoms with Gasteiger partial charge in [0.15, 0.2) is 15.5 Å². The van der Waals surface area contributed by atoms with Gasteiger partial charge in [-0.15, -0.1) is 0 Å². The van der Waals surface area contributed by atoms with Gasteiger partial charge in [0.05, 0.1) is 0 Å². The topological polar surface area (TPSA) is 48.4 Å². The van der Waals surface area contributed by atoms with E-state index in [0.717, 1.165) is 91.6 Å². The third-order valence-electron chi connectivity index (χ3n) is 5.17. The van der Waals surface area contributed by atoms with Crippen molar-refractivity contribution < 1.29 is 0 Å². The van der Waals surface area contributed by atoms with Crippen LogP contribution in [0.25, 0.3) is 0 Å². The molecule has 0 amide bonds. The Kier molecular flexibility index (Phi) is 16.3. The van der Waals surface area contributed by atoms with E-state index in [9.17, 15) is 0 Å². The van der Waals surface area contributed by atoms with E-state index in [1.807, 2.05) is 0 Å². The lowest BCUT2D eigenvalue weighted by Gasteiger charge is -2.18. The van der Waals surface area contributed by atoms with Gasteiger partial charge in [-0.25, -0.2) is 0 Å². The SMILES string of the molecule is CCN(CC)CCSc1nc(SCCN(CC)CC)nc(SCCN(CC)CC)n1. The van der Waals surface area contributed by atoms with E-state index in [0.29, 0.717) is 0 Å². The fourth-order valence-electron chi connectivity index (χ4n) is 2.93. The van der Waals surface area contributed by atoms with Crippen molar-refractivity contribution >= 4 is 35.3 Å². The number of aromatic nitrogens is 3. The predicted molar refractivity (Wildman–Crippen MR) is 135 cm³/mol. The van der Waals surface area contributed by atoms with Gasteiger partial charge in [-0.2, -0.15) is 15.0 Å². The van der Waals surface area contributed by atoms with Crippen molar-refractivity contribution in [2.24, 2.45) is 0 Å². The molecule has 30 heavy (non-hydrogen) atoms. The maximum atomic E-state index is 4.75. The van der Waals surface area contributed by atoms with E-state index in [1.54, 1.807) is 35.3 Å². The summed E-state index contributed by atoms with van der Waals surface area (Å²) in [5.74, 6) is 3.04. The fourth-order valence-corrected chi connectivity index (χ4v) is 5.61. The fraction of sp³-hybridized carbons (Fsp3) is 0.857. The molecule has 174 valence electrons. The van der Waals surface area contributed by atoms with Crippen molar-refractivity contribution in [3.05, 3.63) is 0 Å². The van der Waals surface area contributed by atoms with Crippen LogP contribution in [0.3, 0.4) is 0 Å². The first-order chi connectivity index (χ1) is 14.6. The van der Waals surface area contributed by atoms with E-state index >= 15 is 0 Å². The zero-order chi connectivity index (χ0) is 22.2. The Morgan fingerprint density at radius 1 is 0.467 bits per heavy atom. The van der Waals surface area contributed by atoms with Crippen LogP contribution in [-0.4, -0.2) is 106 Å². The molecule has 0 atom stereocenters. The number of hydrogen-bond acceptors (Lipinski definition) is 9. The quantitative estimate of drug-likeness (QED) is 0.292. The lowest BCUT2D eigenvalue weighted by atomic mass is 10.5. The molecule has 1 aromatic rings. The van der Waals surface area contributed by atoms with Crippen LogP contribution in [0, 0.1) is 0 Å². The van der Waals surface area contributed by atoms with Crippen LogP contribution in [0.15, 0.2) is 15.5 Å². The molecule has 9 heteroatoms. The van der Waals surface area contributed by atoms with Crippen molar-refractivity contribution in [2.75, 3.05) is 76.2 Å². The Balaban J connectivity index is 2.73. The molecule has 0 fully saturated rings. The summed E-state index contributed by atoms with van der Waals surface area (Å²) in [6.07, 6.45) is 0. The lowest BCUT2D eigenvalue weighted by Crippen LogP contribution is -2.25. The predicted octanol–water partition coefficient (Wildman–Crippen LogP) is 4.17. The van der Waals surface area contributed by atoms with Crippen LogP contribution in [0.4, 0.5) is 0 Å². The van der Waals surface area contributed by atoms with Gasteiger partial charge in [-0.1, -0.05) is 76.8 Å². The molecule has 0 aliphatic heterocycles. The van der Waals surface area contributed by atoms with E-state index in [1.165, 1.54) is 0 Å². The van der Waals surface area contributed by atoms with Crippen molar-refractivity contribution in [1.82, 2.24) is 29.7 Å². The molecule has 0 N–H and O–H groups in total. The third-order valence-corrected chi connectivity index (χ3v) is 7.66. The smallest absolute Gasteiger partial charge is 0.192 e. The number of thioether (sulfide) groups is 3. The Hall–Kier alpha value is -0.0600. The second-order valence-corrected chi connectivity index (χ2v) is 10.00. The molecule has 0 aliphatic rings. The molecule has 0 bridgehead atoms. The van der Waals surface area contributed by atoms with Crippen LogP contribution in [-0.2, 0) is 0 Å². The highest BCUT2D eigenvalue weighted by atomic mass is 32.2. The average molecular weight is 475 g/mol. The molecule has 1 heterocycles. The van der Waals surface area contributed by atoms with Crippen molar-refractivity contribution in [3.8, 4) is 0 Å². The highest BCUT2D eigenvalue weighted by Gasteiger charge is 2.11. The van der Waals surface area contributed by atoms with Gasteiger partial charge in [0, 0.05) is 36.9 Å². The Morgan fingerprint density at radius 2 is 0.700 bits per heavy atom. The highest BCUT2D eigenvalue weighted by molar-refractivity contribution is 8.00. The summed E-state index contributed by atoms with van der Waals surface area (Å²) in [6.45, 7) is 23.0. The third kappa shape index (κ3) is 11.5. The Labute approximate surface area is 197 Å². The van der Waals surface area contributed by atoms with Gasteiger partial charge in [0.1, 0.15) is 0 Å². The number of hydrogen-bond donors (Lipinski definition) is 0. The molecule has 0 radical (unpaired) electrons. The summed E-state index contributed by atoms with van der Waals surface area (Å²) in [7, 11) is 0. The van der Waals surface area contributed by atoms with Gasteiger partial charge in [0.2, 0.25) is 0 Å². The van der Waals surface area contributed by atoms with Gasteiger partial charge >= 0.3 is 0 Å². The van der Waals surface area contributed by atoms with Gasteiger partial charge in [0.25, 0.3) is 0 Å². The first-order valence-corrected chi connectivity index (χ1v) is 14.4.